The van der Waals surface area contributed by atoms with Crippen LogP contribution in [0.4, 0.5) is 0 Å². The van der Waals surface area contributed by atoms with Crippen LogP contribution in [0.5, 0.6) is 5.75 Å². The molecule has 0 aromatic heterocycles. The van der Waals surface area contributed by atoms with E-state index in [1.54, 1.807) is 0 Å². The molecule has 0 heterocycles. The van der Waals surface area contributed by atoms with Gasteiger partial charge in [0.05, 0.1) is 6.26 Å². The zero-order chi connectivity index (χ0) is 15.2. The van der Waals surface area contributed by atoms with Crippen LogP contribution in [-0.2, 0) is 16.6 Å². The van der Waals surface area contributed by atoms with E-state index in [0.717, 1.165) is 17.5 Å². The lowest BCUT2D eigenvalue weighted by molar-refractivity contribution is 0.418. The Hall–Kier alpha value is -1.11. The van der Waals surface area contributed by atoms with Crippen molar-refractivity contribution in [2.45, 2.75) is 26.8 Å². The van der Waals surface area contributed by atoms with E-state index in [4.69, 9.17) is 0 Å². The Morgan fingerprint density at radius 3 is 2.65 bits per heavy atom. The minimum atomic E-state index is -3.10. The number of sulfonamides is 1. The van der Waals surface area contributed by atoms with Gasteiger partial charge in [0.2, 0.25) is 10.0 Å². The lowest BCUT2D eigenvalue weighted by Crippen LogP contribution is -2.32. The maximum Gasteiger partial charge on any atom is 0.211 e. The van der Waals surface area contributed by atoms with Crippen molar-refractivity contribution in [1.29, 1.82) is 0 Å². The van der Waals surface area contributed by atoms with Gasteiger partial charge in [-0.25, -0.2) is 12.7 Å². The molecule has 0 aliphatic rings. The summed E-state index contributed by atoms with van der Waals surface area (Å²) in [7, 11) is -3.10. The standard InChI is InChI=1S/C14H24N2O3S/c1-4-16(20(3,18)19)10-6-9-15-11-13-8-5-7-12(2)14(13)17/h5,7-8,15,17H,4,6,9-11H2,1-3H3. The van der Waals surface area contributed by atoms with Gasteiger partial charge in [-0.15, -0.1) is 0 Å². The number of aryl methyl sites for hydroxylation is 1. The van der Waals surface area contributed by atoms with Crippen LogP contribution in [0.15, 0.2) is 18.2 Å². The topological polar surface area (TPSA) is 69.6 Å². The Labute approximate surface area is 121 Å². The van der Waals surface area contributed by atoms with Gasteiger partial charge in [-0.1, -0.05) is 25.1 Å². The second kappa shape index (κ2) is 7.61. The van der Waals surface area contributed by atoms with Crippen molar-refractivity contribution in [3.05, 3.63) is 29.3 Å². The van der Waals surface area contributed by atoms with Gasteiger partial charge in [0.25, 0.3) is 0 Å². The summed E-state index contributed by atoms with van der Waals surface area (Å²) in [6.07, 6.45) is 1.97. The molecule has 114 valence electrons. The van der Waals surface area contributed by atoms with Crippen molar-refractivity contribution >= 4 is 10.0 Å². The van der Waals surface area contributed by atoms with Gasteiger partial charge in [-0.05, 0) is 25.5 Å². The number of para-hydroxylation sites is 1. The van der Waals surface area contributed by atoms with Crippen molar-refractivity contribution < 1.29 is 13.5 Å². The average molecular weight is 300 g/mol. The quantitative estimate of drug-likeness (QED) is 0.713. The van der Waals surface area contributed by atoms with E-state index in [2.05, 4.69) is 5.32 Å². The molecule has 5 nitrogen and oxygen atoms in total. The molecule has 0 fully saturated rings. The summed E-state index contributed by atoms with van der Waals surface area (Å²) >= 11 is 0. The molecule has 0 spiro atoms. The van der Waals surface area contributed by atoms with E-state index in [1.807, 2.05) is 32.0 Å². The maximum absolute atomic E-state index is 11.4. The summed E-state index contributed by atoms with van der Waals surface area (Å²) in [4.78, 5) is 0. The molecule has 2 N–H and O–H groups in total. The van der Waals surface area contributed by atoms with E-state index < -0.39 is 10.0 Å². The number of benzene rings is 1. The van der Waals surface area contributed by atoms with Gasteiger partial charge in [-0.2, -0.15) is 0 Å². The summed E-state index contributed by atoms with van der Waals surface area (Å²) in [5, 5.41) is 13.1. The molecule has 0 radical (unpaired) electrons. The van der Waals surface area contributed by atoms with Crippen LogP contribution >= 0.6 is 0 Å². The zero-order valence-electron chi connectivity index (χ0n) is 12.4. The second-order valence-electron chi connectivity index (χ2n) is 4.87. The molecule has 1 aromatic carbocycles. The number of nitrogens with zero attached hydrogens (tertiary/aromatic N) is 1. The number of hydrogen-bond acceptors (Lipinski definition) is 4. The third kappa shape index (κ3) is 5.11. The van der Waals surface area contributed by atoms with E-state index in [1.165, 1.54) is 10.6 Å². The Morgan fingerprint density at radius 1 is 1.35 bits per heavy atom. The molecule has 6 heteroatoms. The molecular weight excluding hydrogens is 276 g/mol. The molecule has 20 heavy (non-hydrogen) atoms. The first kappa shape index (κ1) is 16.9. The summed E-state index contributed by atoms with van der Waals surface area (Å²) in [6.45, 7) is 6.00. The van der Waals surface area contributed by atoms with Crippen molar-refractivity contribution in [2.75, 3.05) is 25.9 Å². The number of aromatic hydroxyl groups is 1. The molecule has 0 saturated carbocycles. The number of phenols is 1. The highest BCUT2D eigenvalue weighted by Gasteiger charge is 2.13. The number of hydrogen-bond donors (Lipinski definition) is 2. The van der Waals surface area contributed by atoms with Crippen LogP contribution < -0.4 is 5.32 Å². The van der Waals surface area contributed by atoms with Gasteiger partial charge in [-0.3, -0.25) is 0 Å². The lowest BCUT2D eigenvalue weighted by Gasteiger charge is -2.17. The lowest BCUT2D eigenvalue weighted by atomic mass is 10.1. The van der Waals surface area contributed by atoms with Crippen LogP contribution in [0.3, 0.4) is 0 Å². The summed E-state index contributed by atoms with van der Waals surface area (Å²) in [6, 6.07) is 5.66. The third-order valence-corrected chi connectivity index (χ3v) is 4.60. The minimum absolute atomic E-state index is 0.325. The SMILES string of the molecule is CCN(CCCNCc1cccc(C)c1O)S(C)(=O)=O. The molecule has 0 bridgehead atoms. The molecule has 0 aliphatic carbocycles. The van der Waals surface area contributed by atoms with Crippen LogP contribution in [0.25, 0.3) is 0 Å². The number of rotatable bonds is 8. The fraction of sp³-hybridized carbons (Fsp3) is 0.571. The van der Waals surface area contributed by atoms with E-state index in [9.17, 15) is 13.5 Å². The first-order chi connectivity index (χ1) is 9.36. The monoisotopic (exact) mass is 300 g/mol. The molecule has 0 saturated heterocycles. The molecule has 0 unspecified atom stereocenters. The molecule has 0 atom stereocenters. The maximum atomic E-state index is 11.4. The molecule has 1 aromatic rings. The first-order valence-corrected chi connectivity index (χ1v) is 8.64. The van der Waals surface area contributed by atoms with Crippen molar-refractivity contribution in [3.63, 3.8) is 0 Å². The minimum Gasteiger partial charge on any atom is -0.507 e. The molecule has 0 aliphatic heterocycles. The van der Waals surface area contributed by atoms with Gasteiger partial charge in [0.1, 0.15) is 5.75 Å². The Balaban J connectivity index is 2.34. The van der Waals surface area contributed by atoms with Crippen molar-refractivity contribution in [3.8, 4) is 5.75 Å². The van der Waals surface area contributed by atoms with Crippen LogP contribution in [0.2, 0.25) is 0 Å². The highest BCUT2D eigenvalue weighted by molar-refractivity contribution is 7.88. The highest BCUT2D eigenvalue weighted by Crippen LogP contribution is 2.20. The Morgan fingerprint density at radius 2 is 2.05 bits per heavy atom. The fourth-order valence-corrected chi connectivity index (χ4v) is 2.95. The van der Waals surface area contributed by atoms with Gasteiger partial charge < -0.3 is 10.4 Å². The Kier molecular flexibility index (Phi) is 6.45. The largest absolute Gasteiger partial charge is 0.507 e. The molecular formula is C14H24N2O3S. The molecule has 1 rings (SSSR count). The average Bonchev–Trinajstić information content (AvgIpc) is 2.37. The fourth-order valence-electron chi connectivity index (χ4n) is 2.02. The van der Waals surface area contributed by atoms with E-state index in [0.29, 0.717) is 31.9 Å². The number of nitrogens with one attached hydrogen (secondary N) is 1. The van der Waals surface area contributed by atoms with Crippen molar-refractivity contribution in [2.24, 2.45) is 0 Å². The van der Waals surface area contributed by atoms with Crippen molar-refractivity contribution in [1.82, 2.24) is 9.62 Å². The Bertz CT molecular complexity index is 529. The zero-order valence-corrected chi connectivity index (χ0v) is 13.2. The van der Waals surface area contributed by atoms with E-state index in [-0.39, 0.29) is 0 Å². The normalized spacial score (nSPS) is 12.0. The second-order valence-corrected chi connectivity index (χ2v) is 6.85. The van der Waals surface area contributed by atoms with Crippen LogP contribution in [0.1, 0.15) is 24.5 Å². The number of phenolic OH excluding ortho intramolecular Hbond substituents is 1. The van der Waals surface area contributed by atoms with Gasteiger partial charge >= 0.3 is 0 Å². The smallest absolute Gasteiger partial charge is 0.211 e. The van der Waals surface area contributed by atoms with Gasteiger partial charge in [0.15, 0.2) is 0 Å². The van der Waals surface area contributed by atoms with Crippen LogP contribution in [0, 0.1) is 6.92 Å². The molecule has 0 amide bonds. The first-order valence-electron chi connectivity index (χ1n) is 6.79. The van der Waals surface area contributed by atoms with Gasteiger partial charge in [0, 0.05) is 25.2 Å². The highest BCUT2D eigenvalue weighted by atomic mass is 32.2. The van der Waals surface area contributed by atoms with E-state index >= 15 is 0 Å². The predicted molar refractivity (Wildman–Crippen MR) is 81.3 cm³/mol. The summed E-state index contributed by atoms with van der Waals surface area (Å²) in [5.74, 6) is 0.325. The van der Waals surface area contributed by atoms with Crippen LogP contribution in [-0.4, -0.2) is 43.7 Å². The predicted octanol–water partition coefficient (Wildman–Crippen LogP) is 1.46. The summed E-state index contributed by atoms with van der Waals surface area (Å²) < 4.78 is 24.3. The summed E-state index contributed by atoms with van der Waals surface area (Å²) in [5.41, 5.74) is 1.72. The third-order valence-electron chi connectivity index (χ3n) is 3.22.